The van der Waals surface area contributed by atoms with Gasteiger partial charge in [0.05, 0.1) is 4.90 Å². The number of hydrogen-bond donors (Lipinski definition) is 1. The van der Waals surface area contributed by atoms with E-state index in [1.54, 1.807) is 12.1 Å². The largest absolute Gasteiger partial charge is 0.240 e. The molecule has 0 bridgehead atoms. The second kappa shape index (κ2) is 7.75. The molecule has 1 fully saturated rings. The van der Waals surface area contributed by atoms with E-state index in [2.05, 4.69) is 27.6 Å². The van der Waals surface area contributed by atoms with Crippen LogP contribution in [-0.4, -0.2) is 19.8 Å². The first-order valence-electron chi connectivity index (χ1n) is 7.75. The van der Waals surface area contributed by atoms with Crippen molar-refractivity contribution in [2.24, 2.45) is 5.92 Å². The van der Waals surface area contributed by atoms with E-state index in [1.807, 2.05) is 12.1 Å². The average Bonchev–Trinajstić information content (AvgIpc) is 2.47. The Balaban J connectivity index is 1.97. The van der Waals surface area contributed by atoms with Crippen LogP contribution >= 0.6 is 15.9 Å². The average molecular weight is 374 g/mol. The van der Waals surface area contributed by atoms with Gasteiger partial charge in [0.1, 0.15) is 0 Å². The molecule has 3 nitrogen and oxygen atoms in total. The smallest absolute Gasteiger partial charge is 0.211 e. The van der Waals surface area contributed by atoms with Crippen LogP contribution in [-0.2, 0) is 16.4 Å². The lowest BCUT2D eigenvalue weighted by Crippen LogP contribution is -2.34. The van der Waals surface area contributed by atoms with E-state index in [0.29, 0.717) is 22.2 Å². The molecular weight excluding hydrogens is 350 g/mol. The van der Waals surface area contributed by atoms with Gasteiger partial charge in [-0.2, -0.15) is 0 Å². The topological polar surface area (TPSA) is 46.2 Å². The first-order chi connectivity index (χ1) is 10.0. The molecule has 2 unspecified atom stereocenters. The van der Waals surface area contributed by atoms with E-state index >= 15 is 0 Å². The van der Waals surface area contributed by atoms with Crippen molar-refractivity contribution in [1.29, 1.82) is 0 Å². The number of nitrogens with one attached hydrogen (secondary N) is 1. The molecule has 1 aromatic carbocycles. The highest BCUT2D eigenvalue weighted by atomic mass is 79.9. The number of halogens is 1. The number of alkyl halides is 1. The summed E-state index contributed by atoms with van der Waals surface area (Å²) in [4.78, 5) is 0.796. The van der Waals surface area contributed by atoms with E-state index in [1.165, 1.54) is 18.4 Å². The Kier molecular flexibility index (Phi) is 6.26. The Labute approximate surface area is 136 Å². The third kappa shape index (κ3) is 4.80. The molecular formula is C16H24BrNO2S. The van der Waals surface area contributed by atoms with Gasteiger partial charge in [-0.3, -0.25) is 0 Å². The van der Waals surface area contributed by atoms with E-state index < -0.39 is 10.0 Å². The van der Waals surface area contributed by atoms with Crippen LogP contribution in [0.2, 0.25) is 0 Å². The maximum absolute atomic E-state index is 12.3. The van der Waals surface area contributed by atoms with Gasteiger partial charge in [-0.05, 0) is 42.9 Å². The molecule has 1 saturated carbocycles. The summed E-state index contributed by atoms with van der Waals surface area (Å²) in [5, 5.41) is 0. The molecule has 1 aliphatic rings. The minimum absolute atomic E-state index is 0.365. The SMILES string of the molecule is CCCc1ccc(S(=O)(=O)NCC2CCCCC2Br)cc1. The van der Waals surface area contributed by atoms with E-state index in [0.717, 1.165) is 25.7 Å². The number of benzene rings is 1. The van der Waals surface area contributed by atoms with Gasteiger partial charge >= 0.3 is 0 Å². The van der Waals surface area contributed by atoms with Crippen LogP contribution in [0.4, 0.5) is 0 Å². The predicted octanol–water partition coefficient (Wildman–Crippen LogP) is 3.87. The zero-order valence-electron chi connectivity index (χ0n) is 12.5. The van der Waals surface area contributed by atoms with Crippen molar-refractivity contribution in [1.82, 2.24) is 4.72 Å². The third-order valence-electron chi connectivity index (χ3n) is 4.12. The van der Waals surface area contributed by atoms with Crippen LogP contribution in [0.5, 0.6) is 0 Å². The summed E-state index contributed by atoms with van der Waals surface area (Å²) in [7, 11) is -3.39. The van der Waals surface area contributed by atoms with Gasteiger partial charge < -0.3 is 0 Å². The van der Waals surface area contributed by atoms with Crippen molar-refractivity contribution in [3.63, 3.8) is 0 Å². The number of sulfonamides is 1. The van der Waals surface area contributed by atoms with Crippen molar-refractivity contribution >= 4 is 26.0 Å². The van der Waals surface area contributed by atoms with Crippen LogP contribution in [0.25, 0.3) is 0 Å². The molecule has 0 aliphatic heterocycles. The summed E-state index contributed by atoms with van der Waals surface area (Å²) in [6, 6.07) is 7.23. The van der Waals surface area contributed by atoms with E-state index in [-0.39, 0.29) is 0 Å². The fraction of sp³-hybridized carbons (Fsp3) is 0.625. The van der Waals surface area contributed by atoms with Crippen LogP contribution in [0.15, 0.2) is 29.2 Å². The quantitative estimate of drug-likeness (QED) is 0.769. The van der Waals surface area contributed by atoms with Gasteiger partial charge in [-0.25, -0.2) is 13.1 Å². The molecule has 0 aromatic heterocycles. The summed E-state index contributed by atoms with van der Waals surface area (Å²) < 4.78 is 27.4. The first-order valence-corrected chi connectivity index (χ1v) is 10.2. The molecule has 1 N–H and O–H groups in total. The van der Waals surface area contributed by atoms with Crippen molar-refractivity contribution in [2.75, 3.05) is 6.54 Å². The molecule has 0 heterocycles. The fourth-order valence-electron chi connectivity index (χ4n) is 2.82. The Morgan fingerprint density at radius 2 is 1.86 bits per heavy atom. The van der Waals surface area contributed by atoms with Gasteiger partial charge in [-0.15, -0.1) is 0 Å². The van der Waals surface area contributed by atoms with Gasteiger partial charge in [0.25, 0.3) is 0 Å². The standard InChI is InChI=1S/C16H24BrNO2S/c1-2-5-13-8-10-15(11-9-13)21(19,20)18-12-14-6-3-4-7-16(14)17/h8-11,14,16,18H,2-7,12H2,1H3. The minimum Gasteiger partial charge on any atom is -0.211 e. The van der Waals surface area contributed by atoms with Crippen molar-refractivity contribution < 1.29 is 8.42 Å². The van der Waals surface area contributed by atoms with Gasteiger partial charge in [0.15, 0.2) is 0 Å². The van der Waals surface area contributed by atoms with Crippen LogP contribution in [0.3, 0.4) is 0 Å². The summed E-state index contributed by atoms with van der Waals surface area (Å²) in [6.45, 7) is 2.64. The Morgan fingerprint density at radius 3 is 2.48 bits per heavy atom. The van der Waals surface area contributed by atoms with Gasteiger partial charge in [-0.1, -0.05) is 54.2 Å². The Bertz CT molecular complexity index is 542. The summed E-state index contributed by atoms with van der Waals surface area (Å²) in [5.74, 6) is 0.396. The van der Waals surface area contributed by atoms with Crippen LogP contribution in [0, 0.1) is 5.92 Å². The van der Waals surface area contributed by atoms with E-state index in [4.69, 9.17) is 0 Å². The molecule has 2 rings (SSSR count). The number of aryl methyl sites for hydroxylation is 1. The lowest BCUT2D eigenvalue weighted by molar-refractivity contribution is 0.373. The second-order valence-corrected chi connectivity index (χ2v) is 8.75. The molecule has 0 radical (unpaired) electrons. The van der Waals surface area contributed by atoms with Crippen LogP contribution < -0.4 is 4.72 Å². The zero-order chi connectivity index (χ0) is 15.3. The third-order valence-corrected chi connectivity index (χ3v) is 6.77. The first kappa shape index (κ1) is 17.0. The predicted molar refractivity (Wildman–Crippen MR) is 90.3 cm³/mol. The van der Waals surface area contributed by atoms with Crippen molar-refractivity contribution in [2.45, 2.75) is 55.2 Å². The second-order valence-electron chi connectivity index (χ2n) is 5.81. The summed E-state index contributed by atoms with van der Waals surface area (Å²) in [6.07, 6.45) is 6.71. The van der Waals surface area contributed by atoms with Crippen molar-refractivity contribution in [3.8, 4) is 0 Å². The zero-order valence-corrected chi connectivity index (χ0v) is 14.9. The summed E-state index contributed by atoms with van der Waals surface area (Å²) >= 11 is 3.67. The molecule has 5 heteroatoms. The molecule has 118 valence electrons. The highest BCUT2D eigenvalue weighted by Crippen LogP contribution is 2.29. The molecule has 0 spiro atoms. The van der Waals surface area contributed by atoms with Crippen molar-refractivity contribution in [3.05, 3.63) is 29.8 Å². The molecule has 0 amide bonds. The summed E-state index contributed by atoms with van der Waals surface area (Å²) in [5.41, 5.74) is 1.18. The number of rotatable bonds is 6. The highest BCUT2D eigenvalue weighted by molar-refractivity contribution is 9.09. The van der Waals surface area contributed by atoms with Crippen LogP contribution in [0.1, 0.15) is 44.6 Å². The minimum atomic E-state index is -3.39. The Hall–Kier alpha value is -0.390. The normalized spacial score (nSPS) is 23.1. The molecule has 2 atom stereocenters. The molecule has 1 aliphatic carbocycles. The fourth-order valence-corrected chi connectivity index (χ4v) is 4.69. The monoisotopic (exact) mass is 373 g/mol. The molecule has 21 heavy (non-hydrogen) atoms. The lowest BCUT2D eigenvalue weighted by Gasteiger charge is -2.27. The number of hydrogen-bond acceptors (Lipinski definition) is 2. The van der Waals surface area contributed by atoms with Gasteiger partial charge in [0, 0.05) is 11.4 Å². The highest BCUT2D eigenvalue weighted by Gasteiger charge is 2.24. The molecule has 1 aromatic rings. The van der Waals surface area contributed by atoms with E-state index in [9.17, 15) is 8.42 Å². The lowest BCUT2D eigenvalue weighted by atomic mass is 9.89. The maximum atomic E-state index is 12.3. The van der Waals surface area contributed by atoms with Gasteiger partial charge in [0.2, 0.25) is 10.0 Å². The Morgan fingerprint density at radius 1 is 1.19 bits per heavy atom. The maximum Gasteiger partial charge on any atom is 0.240 e. The molecule has 0 saturated heterocycles.